The van der Waals surface area contributed by atoms with Crippen LogP contribution in [-0.2, 0) is 16.1 Å². The van der Waals surface area contributed by atoms with Crippen LogP contribution in [0.5, 0.6) is 5.75 Å². The molecule has 0 radical (unpaired) electrons. The molecule has 0 bridgehead atoms. The molecule has 0 aliphatic rings. The number of furan rings is 1. The van der Waals surface area contributed by atoms with Crippen LogP contribution in [0.3, 0.4) is 0 Å². The van der Waals surface area contributed by atoms with Gasteiger partial charge in [0.05, 0.1) is 5.69 Å². The fraction of sp³-hybridized carbons (Fsp3) is 0.174. The van der Waals surface area contributed by atoms with Gasteiger partial charge in [-0.2, -0.15) is 0 Å². The van der Waals surface area contributed by atoms with Crippen LogP contribution in [0.15, 0.2) is 71.1 Å². The van der Waals surface area contributed by atoms with Crippen molar-refractivity contribution in [3.8, 4) is 5.75 Å². The monoisotopic (exact) mass is 407 g/mol. The third-order valence-electron chi connectivity index (χ3n) is 4.20. The fourth-order valence-corrected chi connectivity index (χ4v) is 2.64. The minimum atomic E-state index is -1.09. The summed E-state index contributed by atoms with van der Waals surface area (Å²) in [6.07, 6.45) is -1.09. The highest BCUT2D eigenvalue weighted by molar-refractivity contribution is 6.05. The fourth-order valence-electron chi connectivity index (χ4n) is 2.64. The maximum Gasteiger partial charge on any atom is 0.375 e. The van der Waals surface area contributed by atoms with E-state index in [1.165, 1.54) is 19.9 Å². The molecule has 0 fully saturated rings. The zero-order valence-electron chi connectivity index (χ0n) is 16.6. The van der Waals surface area contributed by atoms with Gasteiger partial charge in [-0.3, -0.25) is 9.59 Å². The molecule has 3 aromatic rings. The van der Waals surface area contributed by atoms with Gasteiger partial charge in [-0.25, -0.2) is 4.79 Å². The third-order valence-corrected chi connectivity index (χ3v) is 4.20. The number of benzene rings is 2. The van der Waals surface area contributed by atoms with Crippen molar-refractivity contribution in [3.63, 3.8) is 0 Å². The molecule has 1 aromatic heterocycles. The Hall–Kier alpha value is -3.87. The normalized spacial score (nSPS) is 11.4. The van der Waals surface area contributed by atoms with Gasteiger partial charge in [0, 0.05) is 5.56 Å². The summed E-state index contributed by atoms with van der Waals surface area (Å²) < 4.78 is 16.2. The number of para-hydroxylation sites is 2. The second-order valence-electron chi connectivity index (χ2n) is 6.51. The summed E-state index contributed by atoms with van der Waals surface area (Å²) in [5.74, 6) is -0.436. The zero-order valence-corrected chi connectivity index (χ0v) is 16.6. The first-order valence-electron chi connectivity index (χ1n) is 9.32. The quantitative estimate of drug-likeness (QED) is 0.443. The highest BCUT2D eigenvalue weighted by atomic mass is 16.6. The number of Topliss-reactive ketones (excluding diaryl/α,β-unsaturated/α-hetero) is 1. The summed E-state index contributed by atoms with van der Waals surface area (Å²) in [7, 11) is 0. The highest BCUT2D eigenvalue weighted by Crippen LogP contribution is 2.17. The van der Waals surface area contributed by atoms with Gasteiger partial charge in [-0.15, -0.1) is 0 Å². The predicted molar refractivity (Wildman–Crippen MR) is 109 cm³/mol. The van der Waals surface area contributed by atoms with Crippen molar-refractivity contribution in [1.82, 2.24) is 0 Å². The Morgan fingerprint density at radius 3 is 2.40 bits per heavy atom. The lowest BCUT2D eigenvalue weighted by molar-refractivity contribution is -0.123. The SMILES string of the molecule is CC(=O)c1ccccc1NC(=O)[C@H](C)OC(=O)c1ccc(COc2ccccc2)o1. The first-order valence-corrected chi connectivity index (χ1v) is 9.32. The molecule has 7 heteroatoms. The summed E-state index contributed by atoms with van der Waals surface area (Å²) in [6, 6.07) is 18.9. The van der Waals surface area contributed by atoms with Gasteiger partial charge in [0.1, 0.15) is 18.1 Å². The predicted octanol–water partition coefficient (Wildman–Crippen LogP) is 4.25. The molecule has 3 rings (SSSR count). The average molecular weight is 407 g/mol. The van der Waals surface area contributed by atoms with Crippen LogP contribution >= 0.6 is 0 Å². The number of amides is 1. The molecule has 1 amide bonds. The van der Waals surface area contributed by atoms with Crippen LogP contribution in [0.1, 0.15) is 40.5 Å². The molecule has 2 aromatic carbocycles. The van der Waals surface area contributed by atoms with Crippen LogP contribution in [0.4, 0.5) is 5.69 Å². The Morgan fingerprint density at radius 2 is 1.67 bits per heavy atom. The lowest BCUT2D eigenvalue weighted by atomic mass is 10.1. The number of carbonyl (C=O) groups is 3. The standard InChI is InChI=1S/C23H21NO6/c1-15(25)19-10-6-7-11-20(19)24-22(26)16(2)29-23(27)21-13-12-18(30-21)14-28-17-8-4-3-5-9-17/h3-13,16H,14H2,1-2H3,(H,24,26)/t16-/m0/s1. The molecule has 0 saturated carbocycles. The van der Waals surface area contributed by atoms with E-state index >= 15 is 0 Å². The van der Waals surface area contributed by atoms with Gasteiger partial charge in [0.2, 0.25) is 5.76 Å². The molecule has 0 spiro atoms. The highest BCUT2D eigenvalue weighted by Gasteiger charge is 2.22. The Kier molecular flexibility index (Phi) is 6.64. The molecule has 7 nitrogen and oxygen atoms in total. The van der Waals surface area contributed by atoms with Crippen molar-refractivity contribution in [3.05, 3.63) is 83.8 Å². The van der Waals surface area contributed by atoms with E-state index in [9.17, 15) is 14.4 Å². The van der Waals surface area contributed by atoms with Crippen LogP contribution < -0.4 is 10.1 Å². The molecule has 0 aliphatic heterocycles. The maximum absolute atomic E-state index is 12.4. The number of carbonyl (C=O) groups excluding carboxylic acids is 3. The van der Waals surface area contributed by atoms with Crippen molar-refractivity contribution in [2.75, 3.05) is 5.32 Å². The number of rotatable bonds is 8. The van der Waals surface area contributed by atoms with E-state index in [2.05, 4.69) is 5.32 Å². The number of anilines is 1. The third kappa shape index (κ3) is 5.35. The Bertz CT molecular complexity index is 1040. The van der Waals surface area contributed by atoms with Gasteiger partial charge >= 0.3 is 5.97 Å². The topological polar surface area (TPSA) is 94.8 Å². The molecule has 30 heavy (non-hydrogen) atoms. The van der Waals surface area contributed by atoms with Crippen molar-refractivity contribution < 1.29 is 28.3 Å². The molecule has 1 N–H and O–H groups in total. The summed E-state index contributed by atoms with van der Waals surface area (Å²) >= 11 is 0. The van der Waals surface area contributed by atoms with E-state index in [1.54, 1.807) is 30.3 Å². The molecule has 0 saturated heterocycles. The summed E-state index contributed by atoms with van der Waals surface area (Å²) in [5, 5.41) is 2.60. The van der Waals surface area contributed by atoms with Gasteiger partial charge in [-0.05, 0) is 50.2 Å². The molecule has 154 valence electrons. The lowest BCUT2D eigenvalue weighted by Crippen LogP contribution is -2.30. The second-order valence-corrected chi connectivity index (χ2v) is 6.51. The van der Waals surface area contributed by atoms with Crippen LogP contribution in [0.2, 0.25) is 0 Å². The second kappa shape index (κ2) is 9.56. The Balaban J connectivity index is 1.56. The van der Waals surface area contributed by atoms with Gasteiger partial charge in [0.15, 0.2) is 11.9 Å². The molecular formula is C23H21NO6. The Morgan fingerprint density at radius 1 is 0.967 bits per heavy atom. The van der Waals surface area contributed by atoms with Crippen molar-refractivity contribution in [2.45, 2.75) is 26.6 Å². The summed E-state index contributed by atoms with van der Waals surface area (Å²) in [5.41, 5.74) is 0.731. The summed E-state index contributed by atoms with van der Waals surface area (Å²) in [6.45, 7) is 2.99. The maximum atomic E-state index is 12.4. The van der Waals surface area contributed by atoms with Gasteiger partial charge in [0.25, 0.3) is 5.91 Å². The molecule has 0 aliphatic carbocycles. The van der Waals surface area contributed by atoms with Crippen LogP contribution in [-0.4, -0.2) is 23.8 Å². The number of nitrogens with one attached hydrogen (secondary N) is 1. The van der Waals surface area contributed by atoms with Crippen molar-refractivity contribution >= 4 is 23.3 Å². The molecule has 1 heterocycles. The van der Waals surface area contributed by atoms with Gasteiger partial charge in [-0.1, -0.05) is 30.3 Å². The number of ketones is 1. The number of esters is 1. The average Bonchev–Trinajstić information content (AvgIpc) is 3.22. The van der Waals surface area contributed by atoms with E-state index < -0.39 is 18.0 Å². The molecule has 0 unspecified atom stereocenters. The smallest absolute Gasteiger partial charge is 0.375 e. The number of hydrogen-bond acceptors (Lipinski definition) is 6. The summed E-state index contributed by atoms with van der Waals surface area (Å²) in [4.78, 5) is 36.3. The first kappa shape index (κ1) is 20.9. The number of ether oxygens (including phenoxy) is 2. The van der Waals surface area contributed by atoms with E-state index in [0.717, 1.165) is 0 Å². The van der Waals surface area contributed by atoms with Gasteiger partial charge < -0.3 is 19.2 Å². The molecular weight excluding hydrogens is 386 g/mol. The van der Waals surface area contributed by atoms with E-state index in [0.29, 0.717) is 22.8 Å². The molecule has 1 atom stereocenters. The minimum Gasteiger partial charge on any atom is -0.486 e. The Labute approximate surface area is 173 Å². The zero-order chi connectivity index (χ0) is 21.5. The van der Waals surface area contributed by atoms with Crippen molar-refractivity contribution in [2.24, 2.45) is 0 Å². The van der Waals surface area contributed by atoms with Crippen LogP contribution in [0.25, 0.3) is 0 Å². The van der Waals surface area contributed by atoms with E-state index in [-0.39, 0.29) is 18.2 Å². The number of hydrogen-bond donors (Lipinski definition) is 1. The van der Waals surface area contributed by atoms with E-state index in [4.69, 9.17) is 13.9 Å². The lowest BCUT2D eigenvalue weighted by Gasteiger charge is -2.14. The minimum absolute atomic E-state index is 0.0366. The largest absolute Gasteiger partial charge is 0.486 e. The first-order chi connectivity index (χ1) is 14.4. The van der Waals surface area contributed by atoms with Crippen molar-refractivity contribution in [1.29, 1.82) is 0 Å². The van der Waals surface area contributed by atoms with E-state index in [1.807, 2.05) is 30.3 Å². The van der Waals surface area contributed by atoms with Crippen LogP contribution in [0, 0.1) is 0 Å².